The van der Waals surface area contributed by atoms with Gasteiger partial charge in [-0.05, 0) is 25.8 Å². The minimum absolute atomic E-state index is 0.0144. The lowest BCUT2D eigenvalue weighted by Gasteiger charge is -2.03. The first-order chi connectivity index (χ1) is 8.59. The number of benzene rings is 1. The largest absolute Gasteiger partial charge is 0.278 e. The van der Waals surface area contributed by atoms with Gasteiger partial charge in [-0.15, -0.1) is 0 Å². The van der Waals surface area contributed by atoms with Gasteiger partial charge in [-0.25, -0.2) is 5.43 Å². The summed E-state index contributed by atoms with van der Waals surface area (Å²) in [4.78, 5) is 21.8. The highest BCUT2D eigenvalue weighted by atomic mass is 16.6. The summed E-state index contributed by atoms with van der Waals surface area (Å²) in [6.07, 6.45) is 1.79. The normalized spacial score (nSPS) is 15.3. The average molecular weight is 247 g/mol. The van der Waals surface area contributed by atoms with E-state index in [0.29, 0.717) is 11.3 Å². The van der Waals surface area contributed by atoms with Crippen molar-refractivity contribution in [2.45, 2.75) is 19.8 Å². The predicted octanol–water partition coefficient (Wildman–Crippen LogP) is 1.84. The third-order valence-corrected chi connectivity index (χ3v) is 2.77. The maximum absolute atomic E-state index is 11.4. The third kappa shape index (κ3) is 2.71. The fraction of sp³-hybridized carbons (Fsp3) is 0.333. The smallest absolute Gasteiger partial charge is 0.273 e. The molecule has 1 N–H and O–H groups in total. The highest BCUT2D eigenvalue weighted by molar-refractivity contribution is 6.02. The number of nitro groups is 1. The van der Waals surface area contributed by atoms with Gasteiger partial charge >= 0.3 is 0 Å². The fourth-order valence-electron chi connectivity index (χ4n) is 1.57. The maximum Gasteiger partial charge on any atom is 0.278 e. The average Bonchev–Trinajstić information content (AvgIpc) is 3.19. The first-order valence-corrected chi connectivity index (χ1v) is 5.67. The van der Waals surface area contributed by atoms with Crippen molar-refractivity contribution >= 4 is 17.3 Å². The minimum atomic E-state index is -0.461. The van der Waals surface area contributed by atoms with Crippen LogP contribution in [0.1, 0.15) is 25.3 Å². The molecule has 1 fully saturated rings. The Labute approximate surface area is 104 Å². The zero-order valence-electron chi connectivity index (χ0n) is 9.92. The Balaban J connectivity index is 2.16. The van der Waals surface area contributed by atoms with Crippen LogP contribution < -0.4 is 5.43 Å². The molecule has 0 spiro atoms. The fourth-order valence-corrected chi connectivity index (χ4v) is 1.57. The number of para-hydroxylation sites is 1. The van der Waals surface area contributed by atoms with E-state index in [1.165, 1.54) is 6.07 Å². The van der Waals surface area contributed by atoms with Crippen LogP contribution in [0.3, 0.4) is 0 Å². The lowest BCUT2D eigenvalue weighted by molar-refractivity contribution is -0.385. The summed E-state index contributed by atoms with van der Waals surface area (Å²) in [5.41, 5.74) is 3.26. The number of nitrogens with one attached hydrogen (secondary N) is 1. The van der Waals surface area contributed by atoms with Gasteiger partial charge in [0.15, 0.2) is 0 Å². The van der Waals surface area contributed by atoms with Gasteiger partial charge in [-0.2, -0.15) is 5.10 Å². The Kier molecular flexibility index (Phi) is 3.36. The Hall–Kier alpha value is -2.24. The third-order valence-electron chi connectivity index (χ3n) is 2.77. The van der Waals surface area contributed by atoms with Crippen molar-refractivity contribution in [3.05, 3.63) is 39.9 Å². The van der Waals surface area contributed by atoms with Gasteiger partial charge in [-0.3, -0.25) is 14.9 Å². The second-order valence-corrected chi connectivity index (χ2v) is 4.22. The number of nitro benzene ring substituents is 1. The zero-order valence-corrected chi connectivity index (χ0v) is 9.92. The molecular formula is C12H13N3O3. The molecular weight excluding hydrogens is 234 g/mol. The summed E-state index contributed by atoms with van der Waals surface area (Å²) in [5.74, 6) is -0.0553. The van der Waals surface area contributed by atoms with Crippen molar-refractivity contribution in [1.82, 2.24) is 5.43 Å². The molecule has 1 aliphatic carbocycles. The lowest BCUT2D eigenvalue weighted by Crippen LogP contribution is -2.20. The van der Waals surface area contributed by atoms with Crippen molar-refractivity contribution < 1.29 is 9.72 Å². The molecule has 6 heteroatoms. The molecule has 0 aromatic heterocycles. The molecule has 1 aromatic carbocycles. The molecule has 0 bridgehead atoms. The van der Waals surface area contributed by atoms with Gasteiger partial charge in [0.1, 0.15) is 0 Å². The second kappa shape index (κ2) is 4.95. The van der Waals surface area contributed by atoms with Gasteiger partial charge < -0.3 is 0 Å². The number of amides is 1. The molecule has 1 saturated carbocycles. The Morgan fingerprint density at radius 1 is 1.44 bits per heavy atom. The van der Waals surface area contributed by atoms with Gasteiger partial charge in [-0.1, -0.05) is 12.1 Å². The lowest BCUT2D eigenvalue weighted by atomic mass is 10.1. The van der Waals surface area contributed by atoms with Crippen LogP contribution in [0.15, 0.2) is 29.4 Å². The van der Waals surface area contributed by atoms with Crippen LogP contribution in [0.25, 0.3) is 0 Å². The first kappa shape index (κ1) is 12.2. The summed E-state index contributed by atoms with van der Waals surface area (Å²) in [6, 6.07) is 6.32. The number of hydrazone groups is 1. The molecule has 0 unspecified atom stereocenters. The van der Waals surface area contributed by atoms with Crippen LogP contribution in [0.4, 0.5) is 5.69 Å². The standard InChI is InChI=1S/C12H13N3O3/c1-8(13-14-12(16)9-6-7-9)10-4-2-3-5-11(10)15(17)18/h2-5,9H,6-7H2,1H3,(H,14,16)/b13-8-. The van der Waals surface area contributed by atoms with Crippen molar-refractivity contribution in [2.24, 2.45) is 11.0 Å². The molecule has 6 nitrogen and oxygen atoms in total. The molecule has 0 aliphatic heterocycles. The maximum atomic E-state index is 11.4. The van der Waals surface area contributed by atoms with Crippen molar-refractivity contribution in [3.8, 4) is 0 Å². The minimum Gasteiger partial charge on any atom is -0.273 e. The van der Waals surface area contributed by atoms with E-state index in [9.17, 15) is 14.9 Å². The molecule has 94 valence electrons. The van der Waals surface area contributed by atoms with E-state index < -0.39 is 4.92 Å². The number of carbonyl (C=O) groups excluding carboxylic acids is 1. The van der Waals surface area contributed by atoms with Crippen LogP contribution in [0, 0.1) is 16.0 Å². The molecule has 0 heterocycles. The number of nitrogens with zero attached hydrogens (tertiary/aromatic N) is 2. The number of carbonyl (C=O) groups is 1. The van der Waals surface area contributed by atoms with Gasteiger partial charge in [0.05, 0.1) is 16.2 Å². The molecule has 0 saturated heterocycles. The van der Waals surface area contributed by atoms with Gasteiger partial charge in [0.25, 0.3) is 5.69 Å². The number of hydrogen-bond acceptors (Lipinski definition) is 4. The number of hydrogen-bond donors (Lipinski definition) is 1. The van der Waals surface area contributed by atoms with Gasteiger partial charge in [0, 0.05) is 12.0 Å². The van der Waals surface area contributed by atoms with E-state index in [4.69, 9.17) is 0 Å². The van der Waals surface area contributed by atoms with Crippen LogP contribution in [-0.2, 0) is 4.79 Å². The van der Waals surface area contributed by atoms with E-state index in [0.717, 1.165) is 12.8 Å². The highest BCUT2D eigenvalue weighted by Crippen LogP contribution is 2.28. The topological polar surface area (TPSA) is 84.6 Å². The van der Waals surface area contributed by atoms with Crippen LogP contribution in [0.5, 0.6) is 0 Å². The Bertz CT molecular complexity index is 521. The Morgan fingerprint density at radius 2 is 2.11 bits per heavy atom. The van der Waals surface area contributed by atoms with E-state index in [1.807, 2.05) is 0 Å². The van der Waals surface area contributed by atoms with Crippen LogP contribution in [-0.4, -0.2) is 16.5 Å². The molecule has 0 atom stereocenters. The summed E-state index contributed by atoms with van der Waals surface area (Å²) in [7, 11) is 0. The van der Waals surface area contributed by atoms with E-state index >= 15 is 0 Å². The van der Waals surface area contributed by atoms with E-state index in [-0.39, 0.29) is 17.5 Å². The predicted molar refractivity (Wildman–Crippen MR) is 66.2 cm³/mol. The number of rotatable bonds is 4. The summed E-state index contributed by atoms with van der Waals surface area (Å²) in [6.45, 7) is 1.63. The van der Waals surface area contributed by atoms with Crippen molar-refractivity contribution in [3.63, 3.8) is 0 Å². The SMILES string of the molecule is C/C(=N/NC(=O)C1CC1)c1ccccc1[N+](=O)[O-]. The molecule has 1 aliphatic rings. The quantitative estimate of drug-likeness (QED) is 0.500. The van der Waals surface area contributed by atoms with Crippen molar-refractivity contribution in [2.75, 3.05) is 0 Å². The second-order valence-electron chi connectivity index (χ2n) is 4.22. The molecule has 18 heavy (non-hydrogen) atoms. The summed E-state index contributed by atoms with van der Waals surface area (Å²) < 4.78 is 0. The van der Waals surface area contributed by atoms with Crippen LogP contribution >= 0.6 is 0 Å². The summed E-state index contributed by atoms with van der Waals surface area (Å²) in [5, 5.41) is 14.8. The molecule has 0 radical (unpaired) electrons. The van der Waals surface area contributed by atoms with E-state index in [2.05, 4.69) is 10.5 Å². The first-order valence-electron chi connectivity index (χ1n) is 5.67. The molecule has 1 amide bonds. The van der Waals surface area contributed by atoms with Gasteiger partial charge in [0.2, 0.25) is 5.91 Å². The van der Waals surface area contributed by atoms with E-state index in [1.54, 1.807) is 25.1 Å². The van der Waals surface area contributed by atoms with Crippen molar-refractivity contribution in [1.29, 1.82) is 0 Å². The zero-order chi connectivity index (χ0) is 13.1. The molecule has 2 rings (SSSR count). The van der Waals surface area contributed by atoms with Crippen LogP contribution in [0.2, 0.25) is 0 Å². The molecule has 1 aromatic rings. The Morgan fingerprint density at radius 3 is 2.72 bits per heavy atom. The monoisotopic (exact) mass is 247 g/mol. The summed E-state index contributed by atoms with van der Waals surface area (Å²) >= 11 is 0. The highest BCUT2D eigenvalue weighted by Gasteiger charge is 2.29.